The molecule has 2 heterocycles. The van der Waals surface area contributed by atoms with Crippen LogP contribution >= 0.6 is 0 Å². The lowest BCUT2D eigenvalue weighted by Crippen LogP contribution is -2.11. The minimum absolute atomic E-state index is 0.328. The molecule has 0 N–H and O–H groups in total. The van der Waals surface area contributed by atoms with Gasteiger partial charge in [-0.3, -0.25) is 0 Å². The molecule has 0 atom stereocenters. The van der Waals surface area contributed by atoms with E-state index in [1.165, 1.54) is 12.1 Å². The van der Waals surface area contributed by atoms with Crippen LogP contribution in [0.15, 0.2) is 231 Å². The standard InChI is InChI=1S/C62H38F3N3/c63-62(64,65)50-37-59(67-55-33-45(41-15-5-1-6-16-41)24-28-51(55)52-29-25-46(34-56(52)67)42-17-7-2-8-18-42)61(49-23-13-14-40(32-49)39-66)60(38-50)68-57-35-47(43-19-9-3-10-20-43)26-30-53(57)54-31-27-48(36-58(54)68)44-21-11-4-12-22-44/h1-38H. The predicted octanol–water partition coefficient (Wildman–Crippen LogP) is 17.1. The predicted molar refractivity (Wildman–Crippen MR) is 272 cm³/mol. The molecule has 0 saturated heterocycles. The molecule has 10 aromatic carbocycles. The van der Waals surface area contributed by atoms with Crippen LogP contribution < -0.4 is 0 Å². The van der Waals surface area contributed by atoms with Crippen LogP contribution in [0.25, 0.3) is 111 Å². The Labute approximate surface area is 390 Å². The summed E-state index contributed by atoms with van der Waals surface area (Å²) in [5.41, 5.74) is 12.0. The maximum absolute atomic E-state index is 16.0. The molecule has 0 amide bonds. The fraction of sp³-hybridized carbons (Fsp3) is 0.0161. The van der Waals surface area contributed by atoms with Gasteiger partial charge in [-0.05, 0) is 98.6 Å². The van der Waals surface area contributed by atoms with Crippen molar-refractivity contribution in [3.05, 3.63) is 242 Å². The molecule has 0 aliphatic rings. The van der Waals surface area contributed by atoms with Crippen molar-refractivity contribution in [2.24, 2.45) is 0 Å². The van der Waals surface area contributed by atoms with E-state index in [0.717, 1.165) is 88.1 Å². The monoisotopic (exact) mass is 881 g/mol. The molecule has 2 aromatic heterocycles. The summed E-state index contributed by atoms with van der Waals surface area (Å²) in [6, 6.07) is 77.1. The number of halogens is 3. The minimum Gasteiger partial charge on any atom is -0.308 e. The summed E-state index contributed by atoms with van der Waals surface area (Å²) in [5.74, 6) is 0. The van der Waals surface area contributed by atoms with E-state index < -0.39 is 11.7 Å². The maximum Gasteiger partial charge on any atom is 0.416 e. The lowest BCUT2D eigenvalue weighted by Gasteiger charge is -2.23. The van der Waals surface area contributed by atoms with Crippen LogP contribution in [0, 0.1) is 11.3 Å². The first kappa shape index (κ1) is 40.6. The van der Waals surface area contributed by atoms with Crippen LogP contribution in [-0.4, -0.2) is 9.13 Å². The van der Waals surface area contributed by atoms with E-state index in [0.29, 0.717) is 28.1 Å². The highest BCUT2D eigenvalue weighted by Crippen LogP contribution is 2.47. The fourth-order valence-corrected chi connectivity index (χ4v) is 9.97. The summed E-state index contributed by atoms with van der Waals surface area (Å²) >= 11 is 0. The third-order valence-electron chi connectivity index (χ3n) is 13.1. The van der Waals surface area contributed by atoms with Crippen molar-refractivity contribution in [1.82, 2.24) is 9.13 Å². The fourth-order valence-electron chi connectivity index (χ4n) is 9.97. The van der Waals surface area contributed by atoms with E-state index in [4.69, 9.17) is 0 Å². The Morgan fingerprint density at radius 2 is 0.647 bits per heavy atom. The van der Waals surface area contributed by atoms with Crippen molar-refractivity contribution >= 4 is 43.6 Å². The van der Waals surface area contributed by atoms with Gasteiger partial charge in [-0.2, -0.15) is 18.4 Å². The number of rotatable bonds is 7. The Bertz CT molecular complexity index is 3520. The van der Waals surface area contributed by atoms with E-state index in [-0.39, 0.29) is 0 Å². The molecule has 3 nitrogen and oxygen atoms in total. The number of alkyl halides is 3. The minimum atomic E-state index is -4.75. The molecule has 0 fully saturated rings. The van der Waals surface area contributed by atoms with Gasteiger partial charge in [-0.15, -0.1) is 0 Å². The second kappa shape index (κ2) is 16.2. The molecule has 0 saturated carbocycles. The zero-order valence-electron chi connectivity index (χ0n) is 36.4. The zero-order chi connectivity index (χ0) is 45.9. The van der Waals surface area contributed by atoms with E-state index in [1.807, 2.05) is 137 Å². The smallest absolute Gasteiger partial charge is 0.308 e. The number of fused-ring (bicyclic) bond motifs is 6. The number of nitriles is 1. The van der Waals surface area contributed by atoms with Crippen molar-refractivity contribution in [2.75, 3.05) is 0 Å². The van der Waals surface area contributed by atoms with Gasteiger partial charge in [0.2, 0.25) is 0 Å². The van der Waals surface area contributed by atoms with Crippen LogP contribution in [-0.2, 0) is 6.18 Å². The van der Waals surface area contributed by atoms with Gasteiger partial charge in [0.25, 0.3) is 0 Å². The van der Waals surface area contributed by atoms with Crippen molar-refractivity contribution in [2.45, 2.75) is 6.18 Å². The summed E-state index contributed by atoms with van der Waals surface area (Å²) in [6.07, 6.45) is -4.75. The molecular formula is C62H38F3N3. The van der Waals surface area contributed by atoms with Gasteiger partial charge in [0.15, 0.2) is 0 Å². The van der Waals surface area contributed by atoms with Crippen LogP contribution in [0.3, 0.4) is 0 Å². The molecular weight excluding hydrogens is 844 g/mol. The number of aromatic nitrogens is 2. The molecule has 12 rings (SSSR count). The number of hydrogen-bond donors (Lipinski definition) is 0. The normalized spacial score (nSPS) is 11.7. The molecule has 0 aliphatic heterocycles. The Morgan fingerprint density at radius 3 is 0.956 bits per heavy atom. The number of nitrogens with zero attached hydrogens (tertiary/aromatic N) is 3. The highest BCUT2D eigenvalue weighted by atomic mass is 19.4. The SMILES string of the molecule is N#Cc1cccc(-c2c(-n3c4cc(-c5ccccc5)ccc4c4ccc(-c5ccccc5)cc43)cc(C(F)(F)F)cc2-n2c3cc(-c4ccccc4)ccc3c3ccc(-c4ccccc4)cc32)c1. The van der Waals surface area contributed by atoms with E-state index in [9.17, 15) is 5.26 Å². The van der Waals surface area contributed by atoms with Crippen molar-refractivity contribution in [3.8, 4) is 73.1 Å². The lowest BCUT2D eigenvalue weighted by atomic mass is 9.96. The largest absolute Gasteiger partial charge is 0.416 e. The molecule has 68 heavy (non-hydrogen) atoms. The topological polar surface area (TPSA) is 33.6 Å². The van der Waals surface area contributed by atoms with Gasteiger partial charge in [-0.1, -0.05) is 182 Å². The lowest BCUT2D eigenvalue weighted by molar-refractivity contribution is -0.137. The highest BCUT2D eigenvalue weighted by Gasteiger charge is 2.34. The molecule has 322 valence electrons. The van der Waals surface area contributed by atoms with Gasteiger partial charge < -0.3 is 9.13 Å². The molecule has 6 heteroatoms. The van der Waals surface area contributed by atoms with Crippen molar-refractivity contribution in [3.63, 3.8) is 0 Å². The molecule has 0 bridgehead atoms. The van der Waals surface area contributed by atoms with Crippen molar-refractivity contribution < 1.29 is 13.2 Å². The molecule has 12 aromatic rings. The van der Waals surface area contributed by atoms with Gasteiger partial charge >= 0.3 is 6.18 Å². The van der Waals surface area contributed by atoms with Gasteiger partial charge in [0.1, 0.15) is 0 Å². The Balaban J connectivity index is 1.28. The third-order valence-corrected chi connectivity index (χ3v) is 13.1. The Kier molecular flexibility index (Phi) is 9.67. The Hall–Kier alpha value is -8.92. The molecule has 0 spiro atoms. The second-order valence-electron chi connectivity index (χ2n) is 17.1. The first-order valence-corrected chi connectivity index (χ1v) is 22.5. The van der Waals surface area contributed by atoms with Gasteiger partial charge in [0.05, 0.1) is 50.6 Å². The maximum atomic E-state index is 16.0. The molecule has 0 unspecified atom stereocenters. The van der Waals surface area contributed by atoms with Crippen LogP contribution in [0.4, 0.5) is 13.2 Å². The van der Waals surface area contributed by atoms with Crippen LogP contribution in [0.1, 0.15) is 11.1 Å². The summed E-state index contributed by atoms with van der Waals surface area (Å²) in [4.78, 5) is 0. The number of benzene rings is 10. The molecule has 0 radical (unpaired) electrons. The summed E-state index contributed by atoms with van der Waals surface area (Å²) in [7, 11) is 0. The highest BCUT2D eigenvalue weighted by molar-refractivity contribution is 6.14. The zero-order valence-corrected chi connectivity index (χ0v) is 36.4. The average molecular weight is 882 g/mol. The average Bonchev–Trinajstić information content (AvgIpc) is 3.90. The van der Waals surface area contributed by atoms with Gasteiger partial charge in [0, 0.05) is 27.1 Å². The first-order valence-electron chi connectivity index (χ1n) is 22.5. The quantitative estimate of drug-likeness (QED) is 0.157. The van der Waals surface area contributed by atoms with Crippen LogP contribution in [0.2, 0.25) is 0 Å². The third kappa shape index (κ3) is 6.92. The first-order chi connectivity index (χ1) is 33.3. The van der Waals surface area contributed by atoms with E-state index in [2.05, 4.69) is 78.9 Å². The second-order valence-corrected chi connectivity index (χ2v) is 17.1. The van der Waals surface area contributed by atoms with E-state index in [1.54, 1.807) is 18.2 Å². The summed E-state index contributed by atoms with van der Waals surface area (Å²) < 4.78 is 52.1. The summed E-state index contributed by atoms with van der Waals surface area (Å²) in [5, 5.41) is 14.0. The van der Waals surface area contributed by atoms with Crippen molar-refractivity contribution in [1.29, 1.82) is 5.26 Å². The van der Waals surface area contributed by atoms with Gasteiger partial charge in [-0.25, -0.2) is 0 Å². The Morgan fingerprint density at radius 1 is 0.324 bits per heavy atom. The summed E-state index contributed by atoms with van der Waals surface area (Å²) in [6.45, 7) is 0. The number of hydrogen-bond acceptors (Lipinski definition) is 1. The molecule has 0 aliphatic carbocycles. The van der Waals surface area contributed by atoms with E-state index >= 15 is 13.2 Å². The van der Waals surface area contributed by atoms with Crippen LogP contribution in [0.5, 0.6) is 0 Å².